The Bertz CT molecular complexity index is 866. The van der Waals surface area contributed by atoms with Gasteiger partial charge in [-0.2, -0.15) is 10.4 Å². The molecule has 0 fully saturated rings. The SMILES string of the molecule is CCNc1cc(Nc2cnn(C)c2C)nc2[nH]cc(C#N)c12. The van der Waals surface area contributed by atoms with Crippen molar-refractivity contribution < 1.29 is 0 Å². The summed E-state index contributed by atoms with van der Waals surface area (Å²) < 4.78 is 1.80. The molecule has 0 bridgehead atoms. The van der Waals surface area contributed by atoms with Crippen LogP contribution in [0, 0.1) is 18.3 Å². The fourth-order valence-corrected chi connectivity index (χ4v) is 2.38. The van der Waals surface area contributed by atoms with E-state index in [1.807, 2.05) is 27.0 Å². The normalized spacial score (nSPS) is 10.6. The highest BCUT2D eigenvalue weighted by Crippen LogP contribution is 2.29. The summed E-state index contributed by atoms with van der Waals surface area (Å²) in [6.45, 7) is 4.77. The molecule has 3 heterocycles. The average molecular weight is 295 g/mol. The zero-order chi connectivity index (χ0) is 15.7. The van der Waals surface area contributed by atoms with Crippen LogP contribution >= 0.6 is 0 Å². The second-order valence-electron chi connectivity index (χ2n) is 5.02. The molecule has 0 spiro atoms. The summed E-state index contributed by atoms with van der Waals surface area (Å²) >= 11 is 0. The Hall–Kier alpha value is -3.01. The van der Waals surface area contributed by atoms with E-state index in [-0.39, 0.29) is 0 Å². The number of aromatic nitrogens is 4. The van der Waals surface area contributed by atoms with Crippen LogP contribution in [0.1, 0.15) is 18.2 Å². The number of hydrogen-bond donors (Lipinski definition) is 3. The smallest absolute Gasteiger partial charge is 0.143 e. The van der Waals surface area contributed by atoms with Crippen molar-refractivity contribution >= 4 is 28.2 Å². The molecule has 0 aliphatic rings. The first-order valence-corrected chi connectivity index (χ1v) is 7.05. The van der Waals surface area contributed by atoms with Gasteiger partial charge in [-0.05, 0) is 13.8 Å². The molecule has 3 rings (SSSR count). The first-order chi connectivity index (χ1) is 10.6. The molecule has 0 radical (unpaired) electrons. The van der Waals surface area contributed by atoms with E-state index in [1.54, 1.807) is 17.1 Å². The van der Waals surface area contributed by atoms with E-state index < -0.39 is 0 Å². The molecule has 0 amide bonds. The standard InChI is InChI=1S/C15H17N7/c1-4-17-11-5-13(20-12-8-19-22(3)9(12)2)21-15-14(11)10(6-16)7-18-15/h5,7-8H,4H2,1-3H3,(H3,17,18,20,21). The fraction of sp³-hybridized carbons (Fsp3) is 0.267. The van der Waals surface area contributed by atoms with Crippen molar-refractivity contribution in [3.63, 3.8) is 0 Å². The van der Waals surface area contributed by atoms with Crippen molar-refractivity contribution in [2.75, 3.05) is 17.2 Å². The maximum absolute atomic E-state index is 9.21. The van der Waals surface area contributed by atoms with Crippen LogP contribution in [0.2, 0.25) is 0 Å². The number of nitrogens with one attached hydrogen (secondary N) is 3. The Balaban J connectivity index is 2.08. The third-order valence-corrected chi connectivity index (χ3v) is 3.63. The predicted molar refractivity (Wildman–Crippen MR) is 86.2 cm³/mol. The molecule has 3 N–H and O–H groups in total. The van der Waals surface area contributed by atoms with Crippen LogP contribution in [0.3, 0.4) is 0 Å². The summed E-state index contributed by atoms with van der Waals surface area (Å²) in [5.41, 5.74) is 4.08. The van der Waals surface area contributed by atoms with Crippen LogP contribution in [-0.4, -0.2) is 26.3 Å². The van der Waals surface area contributed by atoms with Crippen LogP contribution in [0.25, 0.3) is 11.0 Å². The Kier molecular flexibility index (Phi) is 3.43. The first kappa shape index (κ1) is 13.9. The molecule has 0 atom stereocenters. The number of nitrogens with zero attached hydrogens (tertiary/aromatic N) is 4. The second kappa shape index (κ2) is 5.41. The lowest BCUT2D eigenvalue weighted by Crippen LogP contribution is -2.01. The number of aromatic amines is 1. The largest absolute Gasteiger partial charge is 0.385 e. The molecule has 0 aromatic carbocycles. The van der Waals surface area contributed by atoms with E-state index >= 15 is 0 Å². The van der Waals surface area contributed by atoms with Crippen molar-refractivity contribution in [3.05, 3.63) is 29.7 Å². The molecule has 22 heavy (non-hydrogen) atoms. The lowest BCUT2D eigenvalue weighted by atomic mass is 10.2. The third-order valence-electron chi connectivity index (χ3n) is 3.63. The van der Waals surface area contributed by atoms with Crippen LogP contribution in [0.15, 0.2) is 18.5 Å². The predicted octanol–water partition coefficient (Wildman–Crippen LogP) is 2.65. The van der Waals surface area contributed by atoms with Crippen LogP contribution in [0.5, 0.6) is 0 Å². The summed E-state index contributed by atoms with van der Waals surface area (Å²) in [5, 5.41) is 20.8. The summed E-state index contributed by atoms with van der Waals surface area (Å²) in [4.78, 5) is 7.59. The van der Waals surface area contributed by atoms with E-state index in [9.17, 15) is 5.26 Å². The van der Waals surface area contributed by atoms with Gasteiger partial charge in [0.2, 0.25) is 0 Å². The van der Waals surface area contributed by atoms with E-state index in [0.29, 0.717) is 17.0 Å². The highest BCUT2D eigenvalue weighted by Gasteiger charge is 2.13. The molecule has 7 nitrogen and oxygen atoms in total. The molecule has 0 aliphatic heterocycles. The molecule has 7 heteroatoms. The number of rotatable bonds is 4. The number of anilines is 3. The molecule has 0 unspecified atom stereocenters. The molecular weight excluding hydrogens is 278 g/mol. The number of hydrogen-bond acceptors (Lipinski definition) is 5. The van der Waals surface area contributed by atoms with Crippen LogP contribution < -0.4 is 10.6 Å². The van der Waals surface area contributed by atoms with Gasteiger partial charge in [-0.15, -0.1) is 0 Å². The number of fused-ring (bicyclic) bond motifs is 1. The van der Waals surface area contributed by atoms with Gasteiger partial charge < -0.3 is 15.6 Å². The van der Waals surface area contributed by atoms with Crippen molar-refractivity contribution in [1.82, 2.24) is 19.7 Å². The number of aryl methyl sites for hydroxylation is 1. The number of nitriles is 1. The van der Waals surface area contributed by atoms with Gasteiger partial charge >= 0.3 is 0 Å². The lowest BCUT2D eigenvalue weighted by molar-refractivity contribution is 0.740. The van der Waals surface area contributed by atoms with Gasteiger partial charge in [0.05, 0.1) is 34.2 Å². The maximum atomic E-state index is 9.21. The van der Waals surface area contributed by atoms with Gasteiger partial charge in [-0.25, -0.2) is 4.98 Å². The quantitative estimate of drug-likeness (QED) is 0.688. The zero-order valence-electron chi connectivity index (χ0n) is 12.7. The van der Waals surface area contributed by atoms with E-state index in [1.165, 1.54) is 0 Å². The minimum atomic E-state index is 0.586. The molecule has 112 valence electrons. The van der Waals surface area contributed by atoms with Crippen molar-refractivity contribution in [2.24, 2.45) is 7.05 Å². The molecular formula is C15H17N7. The summed E-state index contributed by atoms with van der Waals surface area (Å²) in [7, 11) is 1.89. The lowest BCUT2D eigenvalue weighted by Gasteiger charge is -2.10. The number of H-pyrrole nitrogens is 1. The van der Waals surface area contributed by atoms with E-state index in [0.717, 1.165) is 29.0 Å². The summed E-state index contributed by atoms with van der Waals surface area (Å²) in [5.74, 6) is 0.700. The van der Waals surface area contributed by atoms with Crippen molar-refractivity contribution in [3.8, 4) is 6.07 Å². The molecule has 0 aliphatic carbocycles. The van der Waals surface area contributed by atoms with Gasteiger partial charge in [0.1, 0.15) is 17.5 Å². The van der Waals surface area contributed by atoms with Crippen molar-refractivity contribution in [2.45, 2.75) is 13.8 Å². The Morgan fingerprint density at radius 1 is 1.41 bits per heavy atom. The summed E-state index contributed by atoms with van der Waals surface area (Å²) in [6, 6.07) is 4.10. The van der Waals surface area contributed by atoms with E-state index in [4.69, 9.17) is 0 Å². The minimum absolute atomic E-state index is 0.586. The Morgan fingerprint density at radius 3 is 2.86 bits per heavy atom. The minimum Gasteiger partial charge on any atom is -0.385 e. The van der Waals surface area contributed by atoms with Gasteiger partial charge in [0, 0.05) is 25.9 Å². The van der Waals surface area contributed by atoms with Gasteiger partial charge in [0.15, 0.2) is 0 Å². The van der Waals surface area contributed by atoms with Gasteiger partial charge in [-0.1, -0.05) is 0 Å². The second-order valence-corrected chi connectivity index (χ2v) is 5.02. The Morgan fingerprint density at radius 2 is 2.23 bits per heavy atom. The molecule has 3 aromatic rings. The molecule has 3 aromatic heterocycles. The van der Waals surface area contributed by atoms with Crippen LogP contribution in [0.4, 0.5) is 17.2 Å². The maximum Gasteiger partial charge on any atom is 0.143 e. The third kappa shape index (κ3) is 2.24. The monoisotopic (exact) mass is 295 g/mol. The van der Waals surface area contributed by atoms with Gasteiger partial charge in [0.25, 0.3) is 0 Å². The van der Waals surface area contributed by atoms with Crippen LogP contribution in [-0.2, 0) is 7.05 Å². The number of pyridine rings is 1. The van der Waals surface area contributed by atoms with Gasteiger partial charge in [-0.3, -0.25) is 4.68 Å². The molecule has 0 saturated heterocycles. The highest BCUT2D eigenvalue weighted by atomic mass is 15.3. The average Bonchev–Trinajstić information content (AvgIpc) is 3.06. The highest BCUT2D eigenvalue weighted by molar-refractivity contribution is 5.96. The summed E-state index contributed by atoms with van der Waals surface area (Å²) in [6.07, 6.45) is 3.45. The Labute approximate surface area is 128 Å². The zero-order valence-corrected chi connectivity index (χ0v) is 12.7. The van der Waals surface area contributed by atoms with E-state index in [2.05, 4.69) is 31.8 Å². The first-order valence-electron chi connectivity index (χ1n) is 7.05. The fourth-order valence-electron chi connectivity index (χ4n) is 2.38. The van der Waals surface area contributed by atoms with Crippen molar-refractivity contribution in [1.29, 1.82) is 5.26 Å². The topological polar surface area (TPSA) is 94.3 Å². The molecule has 0 saturated carbocycles.